The summed E-state index contributed by atoms with van der Waals surface area (Å²) in [6.45, 7) is 9.04. The van der Waals surface area contributed by atoms with E-state index in [2.05, 4.69) is 56.1 Å². The minimum absolute atomic E-state index is 0.967. The van der Waals surface area contributed by atoms with Gasteiger partial charge in [-0.1, -0.05) is 61.2 Å². The molecule has 0 heterocycles. The van der Waals surface area contributed by atoms with Crippen molar-refractivity contribution in [1.82, 2.24) is 0 Å². The van der Waals surface area contributed by atoms with Gasteiger partial charge in [0.25, 0.3) is 0 Å². The first-order valence-corrected chi connectivity index (χ1v) is 9.43. The van der Waals surface area contributed by atoms with Crippen LogP contribution < -0.4 is 0 Å². The summed E-state index contributed by atoms with van der Waals surface area (Å²) in [5.74, 6) is 0.967. The van der Waals surface area contributed by atoms with Gasteiger partial charge in [0.2, 0.25) is 0 Å². The Bertz CT molecular complexity index is 410. The first kappa shape index (κ1) is 13.8. The fraction of sp³-hybridized carbons (Fsp3) is 0.333. The zero-order valence-electron chi connectivity index (χ0n) is 11.4. The standard InChI is InChI=1S/C15H22OSi/c1-13(16-2)11-15(17(3,4)5)12-14-9-7-6-8-10-14/h6-12H,1-5H3/b13-11+,15-12+. The third kappa shape index (κ3) is 4.61. The molecule has 0 spiro atoms. The normalized spacial score (nSPS) is 13.7. The molecule has 0 radical (unpaired) electrons. The molecular weight excluding hydrogens is 224 g/mol. The molecule has 17 heavy (non-hydrogen) atoms. The largest absolute Gasteiger partial charge is 0.501 e. The average Bonchev–Trinajstić information content (AvgIpc) is 2.28. The molecule has 1 nitrogen and oxygen atoms in total. The molecule has 92 valence electrons. The highest BCUT2D eigenvalue weighted by Crippen LogP contribution is 2.21. The Hall–Kier alpha value is -1.28. The third-order valence-electron chi connectivity index (χ3n) is 2.67. The molecule has 0 unspecified atom stereocenters. The van der Waals surface area contributed by atoms with Crippen molar-refractivity contribution in [2.45, 2.75) is 26.6 Å². The molecule has 0 aliphatic heterocycles. The van der Waals surface area contributed by atoms with Gasteiger partial charge in [-0.15, -0.1) is 0 Å². The maximum atomic E-state index is 5.26. The summed E-state index contributed by atoms with van der Waals surface area (Å²) in [5.41, 5.74) is 1.25. The summed E-state index contributed by atoms with van der Waals surface area (Å²) in [7, 11) is 0.375. The van der Waals surface area contributed by atoms with Crippen molar-refractivity contribution in [3.8, 4) is 0 Å². The monoisotopic (exact) mass is 246 g/mol. The average molecular weight is 246 g/mol. The Kier molecular flexibility index (Phi) is 4.76. The van der Waals surface area contributed by atoms with Crippen molar-refractivity contribution in [2.24, 2.45) is 0 Å². The molecule has 0 N–H and O–H groups in total. The van der Waals surface area contributed by atoms with Gasteiger partial charge in [0.1, 0.15) is 0 Å². The molecule has 0 saturated heterocycles. The maximum Gasteiger partial charge on any atom is 0.0923 e. The molecule has 1 aromatic carbocycles. The van der Waals surface area contributed by atoms with Crippen LogP contribution >= 0.6 is 0 Å². The second kappa shape index (κ2) is 5.87. The van der Waals surface area contributed by atoms with Crippen LogP contribution in [0.4, 0.5) is 0 Å². The Morgan fingerprint density at radius 3 is 2.18 bits per heavy atom. The van der Waals surface area contributed by atoms with Crippen molar-refractivity contribution < 1.29 is 4.74 Å². The molecule has 1 aromatic rings. The third-order valence-corrected chi connectivity index (χ3v) is 4.69. The number of allylic oxidation sites excluding steroid dienone is 3. The first-order chi connectivity index (χ1) is 7.93. The van der Waals surface area contributed by atoms with E-state index in [0.717, 1.165) is 5.76 Å². The highest BCUT2D eigenvalue weighted by Gasteiger charge is 2.18. The van der Waals surface area contributed by atoms with Crippen molar-refractivity contribution in [2.75, 3.05) is 7.11 Å². The number of rotatable bonds is 4. The molecule has 0 aromatic heterocycles. The molecule has 0 amide bonds. The van der Waals surface area contributed by atoms with E-state index >= 15 is 0 Å². The minimum atomic E-state index is -1.34. The lowest BCUT2D eigenvalue weighted by molar-refractivity contribution is 0.293. The van der Waals surface area contributed by atoms with Crippen LogP contribution in [-0.4, -0.2) is 15.2 Å². The molecule has 2 heteroatoms. The Balaban J connectivity index is 3.12. The minimum Gasteiger partial charge on any atom is -0.501 e. The highest BCUT2D eigenvalue weighted by atomic mass is 28.3. The number of benzene rings is 1. The molecule has 0 aliphatic carbocycles. The van der Waals surface area contributed by atoms with E-state index in [1.54, 1.807) is 7.11 Å². The van der Waals surface area contributed by atoms with Gasteiger partial charge in [-0.3, -0.25) is 0 Å². The van der Waals surface area contributed by atoms with Crippen molar-refractivity contribution >= 4 is 14.1 Å². The summed E-state index contributed by atoms with van der Waals surface area (Å²) in [6.07, 6.45) is 4.44. The number of methoxy groups -OCH3 is 1. The summed E-state index contributed by atoms with van der Waals surface area (Å²) in [5, 5.41) is 1.41. The topological polar surface area (TPSA) is 9.23 Å². The predicted molar refractivity (Wildman–Crippen MR) is 78.5 cm³/mol. The van der Waals surface area contributed by atoms with E-state index in [-0.39, 0.29) is 0 Å². The van der Waals surface area contributed by atoms with E-state index in [4.69, 9.17) is 4.74 Å². The molecule has 0 aliphatic rings. The van der Waals surface area contributed by atoms with Crippen LogP contribution in [-0.2, 0) is 4.74 Å². The Labute approximate surface area is 106 Å². The molecule has 0 saturated carbocycles. The summed E-state index contributed by atoms with van der Waals surface area (Å²) in [4.78, 5) is 0. The van der Waals surface area contributed by atoms with Crippen LogP contribution in [0.2, 0.25) is 19.6 Å². The van der Waals surface area contributed by atoms with Gasteiger partial charge in [-0.2, -0.15) is 0 Å². The van der Waals surface area contributed by atoms with Gasteiger partial charge in [-0.05, 0) is 18.6 Å². The molecular formula is C15H22OSi. The number of hydrogen-bond donors (Lipinski definition) is 0. The maximum absolute atomic E-state index is 5.26. The van der Waals surface area contributed by atoms with Gasteiger partial charge in [-0.25, -0.2) is 0 Å². The second-order valence-electron chi connectivity index (χ2n) is 5.22. The number of hydrogen-bond acceptors (Lipinski definition) is 1. The smallest absolute Gasteiger partial charge is 0.0923 e. The van der Waals surface area contributed by atoms with Crippen LogP contribution in [0.3, 0.4) is 0 Å². The zero-order valence-corrected chi connectivity index (χ0v) is 12.4. The summed E-state index contributed by atoms with van der Waals surface area (Å²) < 4.78 is 5.26. The quantitative estimate of drug-likeness (QED) is 0.432. The van der Waals surface area contributed by atoms with Crippen molar-refractivity contribution in [1.29, 1.82) is 0 Å². The Morgan fingerprint density at radius 2 is 1.71 bits per heavy atom. The van der Waals surface area contributed by atoms with Crippen LogP contribution in [0.25, 0.3) is 6.08 Å². The van der Waals surface area contributed by atoms with Crippen LogP contribution in [0.1, 0.15) is 12.5 Å². The van der Waals surface area contributed by atoms with Gasteiger partial charge >= 0.3 is 0 Å². The lowest BCUT2D eigenvalue weighted by atomic mass is 10.2. The number of ether oxygens (including phenoxy) is 1. The fourth-order valence-corrected chi connectivity index (χ4v) is 2.72. The van der Waals surface area contributed by atoms with Gasteiger partial charge in [0.05, 0.1) is 20.9 Å². The van der Waals surface area contributed by atoms with Crippen LogP contribution in [0.15, 0.2) is 47.4 Å². The van der Waals surface area contributed by atoms with E-state index in [0.29, 0.717) is 0 Å². The van der Waals surface area contributed by atoms with Gasteiger partial charge in [0.15, 0.2) is 0 Å². The van der Waals surface area contributed by atoms with Crippen molar-refractivity contribution in [3.63, 3.8) is 0 Å². The van der Waals surface area contributed by atoms with Crippen molar-refractivity contribution in [3.05, 3.63) is 52.9 Å². The van der Waals surface area contributed by atoms with E-state index in [1.807, 2.05) is 13.0 Å². The van der Waals surface area contributed by atoms with Crippen LogP contribution in [0.5, 0.6) is 0 Å². The predicted octanol–water partition coefficient (Wildman–Crippen LogP) is 4.50. The van der Waals surface area contributed by atoms with Crippen LogP contribution in [0, 0.1) is 0 Å². The highest BCUT2D eigenvalue weighted by molar-refractivity contribution is 6.84. The van der Waals surface area contributed by atoms with Gasteiger partial charge in [0, 0.05) is 0 Å². The Morgan fingerprint density at radius 1 is 1.12 bits per heavy atom. The fourth-order valence-electron chi connectivity index (χ4n) is 1.48. The summed E-state index contributed by atoms with van der Waals surface area (Å²) in [6, 6.07) is 10.5. The lowest BCUT2D eigenvalue weighted by Gasteiger charge is -2.19. The molecule has 0 atom stereocenters. The second-order valence-corrected chi connectivity index (χ2v) is 10.3. The molecule has 0 bridgehead atoms. The lowest BCUT2D eigenvalue weighted by Crippen LogP contribution is -2.23. The van der Waals surface area contributed by atoms with E-state index in [1.165, 1.54) is 10.8 Å². The first-order valence-electron chi connectivity index (χ1n) is 5.93. The van der Waals surface area contributed by atoms with E-state index in [9.17, 15) is 0 Å². The van der Waals surface area contributed by atoms with E-state index < -0.39 is 8.07 Å². The van der Waals surface area contributed by atoms with Gasteiger partial charge < -0.3 is 4.74 Å². The summed E-state index contributed by atoms with van der Waals surface area (Å²) >= 11 is 0. The molecule has 0 fully saturated rings. The molecule has 1 rings (SSSR count). The SMILES string of the molecule is CO/C(C)=C/C(=C\c1ccccc1)[Si](C)(C)C. The zero-order chi connectivity index (χ0) is 12.9.